The number of benzene rings is 1. The minimum absolute atomic E-state index is 0.403. The van der Waals surface area contributed by atoms with Crippen molar-refractivity contribution in [2.75, 3.05) is 12.4 Å². The number of hydrogen-bond acceptors (Lipinski definition) is 6. The monoisotopic (exact) mass is 335 g/mol. The first-order chi connectivity index (χ1) is 12.3. The molecule has 0 unspecified atom stereocenters. The van der Waals surface area contributed by atoms with Gasteiger partial charge in [0.25, 0.3) is 5.78 Å². The lowest BCUT2D eigenvalue weighted by Crippen LogP contribution is -2.06. The first-order valence-corrected chi connectivity index (χ1v) is 7.85. The summed E-state index contributed by atoms with van der Waals surface area (Å²) in [7, 11) is 1.63. The molecule has 0 atom stereocenters. The van der Waals surface area contributed by atoms with Gasteiger partial charge in [0.05, 0.1) is 18.8 Å². The molecule has 8 heteroatoms. The first-order valence-electron chi connectivity index (χ1n) is 7.85. The van der Waals surface area contributed by atoms with E-state index in [1.54, 1.807) is 11.6 Å². The molecule has 8 nitrogen and oxygen atoms in total. The van der Waals surface area contributed by atoms with Crippen LogP contribution in [0.3, 0.4) is 0 Å². The Morgan fingerprint density at radius 2 is 2.04 bits per heavy atom. The number of rotatable bonds is 6. The molecular weight excluding hydrogens is 318 g/mol. The lowest BCUT2D eigenvalue weighted by atomic mass is 10.2. The molecule has 0 spiro atoms. The van der Waals surface area contributed by atoms with Crippen LogP contribution in [0.25, 0.3) is 5.78 Å². The molecule has 3 heterocycles. The minimum Gasteiger partial charge on any atom is -0.378 e. The van der Waals surface area contributed by atoms with E-state index in [4.69, 9.17) is 4.74 Å². The maximum absolute atomic E-state index is 5.16. The van der Waals surface area contributed by atoms with Crippen molar-refractivity contribution in [2.45, 2.75) is 13.2 Å². The number of nitrogens with zero attached hydrogens (tertiary/aromatic N) is 6. The Bertz CT molecular complexity index is 977. The fourth-order valence-corrected chi connectivity index (χ4v) is 2.59. The summed E-state index contributed by atoms with van der Waals surface area (Å²) in [6, 6.07) is 14.0. The molecule has 126 valence electrons. The van der Waals surface area contributed by atoms with Crippen molar-refractivity contribution in [3.05, 3.63) is 66.2 Å². The van der Waals surface area contributed by atoms with Crippen molar-refractivity contribution >= 4 is 17.4 Å². The molecular formula is C17H17N7O. The van der Waals surface area contributed by atoms with E-state index in [1.807, 2.05) is 41.2 Å². The Kier molecular flexibility index (Phi) is 4.09. The highest BCUT2D eigenvalue weighted by Gasteiger charge is 2.09. The fraction of sp³-hybridized carbons (Fsp3) is 0.176. The maximum Gasteiger partial charge on any atom is 0.254 e. The first kappa shape index (κ1) is 15.3. The fourth-order valence-electron chi connectivity index (χ4n) is 2.59. The topological polar surface area (TPSA) is 82.2 Å². The smallest absolute Gasteiger partial charge is 0.254 e. The zero-order chi connectivity index (χ0) is 17.1. The van der Waals surface area contributed by atoms with Crippen molar-refractivity contribution in [1.29, 1.82) is 0 Å². The molecule has 0 radical (unpaired) electrons. The molecule has 4 aromatic rings. The molecule has 0 saturated heterocycles. The summed E-state index contributed by atoms with van der Waals surface area (Å²) in [5.41, 5.74) is 1.97. The van der Waals surface area contributed by atoms with E-state index in [0.717, 1.165) is 17.3 Å². The van der Waals surface area contributed by atoms with Gasteiger partial charge in [-0.2, -0.15) is 19.7 Å². The van der Waals surface area contributed by atoms with Crippen molar-refractivity contribution in [3.8, 4) is 0 Å². The molecule has 25 heavy (non-hydrogen) atoms. The van der Waals surface area contributed by atoms with Gasteiger partial charge in [0.2, 0.25) is 0 Å². The van der Waals surface area contributed by atoms with Crippen molar-refractivity contribution in [1.82, 2.24) is 29.4 Å². The van der Waals surface area contributed by atoms with E-state index in [0.29, 0.717) is 18.9 Å². The van der Waals surface area contributed by atoms with Gasteiger partial charge in [-0.3, -0.25) is 4.68 Å². The van der Waals surface area contributed by atoms with Gasteiger partial charge in [0, 0.05) is 25.4 Å². The van der Waals surface area contributed by atoms with Crippen LogP contribution in [0.5, 0.6) is 0 Å². The van der Waals surface area contributed by atoms with E-state index < -0.39 is 0 Å². The molecule has 4 rings (SSSR count). The van der Waals surface area contributed by atoms with Gasteiger partial charge in [-0.1, -0.05) is 30.3 Å². The zero-order valence-corrected chi connectivity index (χ0v) is 13.7. The van der Waals surface area contributed by atoms with Crippen LogP contribution in [0.1, 0.15) is 11.3 Å². The second-order valence-electron chi connectivity index (χ2n) is 5.55. The second kappa shape index (κ2) is 6.70. The standard InChI is InChI=1S/C17H17N7O/c1-25-11-14-9-16(24-17(20-14)18-12-19-24)21-15-7-8-23(22-15)10-13-5-3-2-4-6-13/h2-9,12H,10-11H2,1H3,(H,21,22). The molecule has 3 aromatic heterocycles. The Labute approximate surface area is 144 Å². The number of aromatic nitrogens is 6. The molecule has 0 amide bonds. The predicted molar refractivity (Wildman–Crippen MR) is 92.5 cm³/mol. The van der Waals surface area contributed by atoms with Crippen molar-refractivity contribution in [3.63, 3.8) is 0 Å². The van der Waals surface area contributed by atoms with Crippen LogP contribution in [-0.2, 0) is 17.9 Å². The Balaban J connectivity index is 1.58. The third-order valence-electron chi connectivity index (χ3n) is 3.68. The van der Waals surface area contributed by atoms with E-state index in [2.05, 4.69) is 37.6 Å². The highest BCUT2D eigenvalue weighted by atomic mass is 16.5. The molecule has 0 aliphatic carbocycles. The van der Waals surface area contributed by atoms with Crippen molar-refractivity contribution in [2.24, 2.45) is 0 Å². The molecule has 0 fully saturated rings. The minimum atomic E-state index is 0.403. The van der Waals surface area contributed by atoms with Crippen LogP contribution in [-0.4, -0.2) is 36.5 Å². The average molecular weight is 335 g/mol. The largest absolute Gasteiger partial charge is 0.378 e. The SMILES string of the molecule is COCc1cc(Nc2ccn(Cc3ccccc3)n2)n2ncnc2n1. The Morgan fingerprint density at radius 3 is 2.88 bits per heavy atom. The number of fused-ring (bicyclic) bond motifs is 1. The van der Waals surface area contributed by atoms with Crippen LogP contribution in [0.15, 0.2) is 55.0 Å². The maximum atomic E-state index is 5.16. The van der Waals surface area contributed by atoms with Crippen molar-refractivity contribution < 1.29 is 4.74 Å². The quantitative estimate of drug-likeness (QED) is 0.582. The number of methoxy groups -OCH3 is 1. The summed E-state index contributed by atoms with van der Waals surface area (Å²) >= 11 is 0. The second-order valence-corrected chi connectivity index (χ2v) is 5.55. The van der Waals surface area contributed by atoms with E-state index in [9.17, 15) is 0 Å². The lowest BCUT2D eigenvalue weighted by molar-refractivity contribution is 0.181. The van der Waals surface area contributed by atoms with Gasteiger partial charge >= 0.3 is 0 Å². The number of anilines is 2. The normalized spacial score (nSPS) is 11.1. The summed E-state index contributed by atoms with van der Waals surface area (Å²) in [6.07, 6.45) is 3.41. The summed E-state index contributed by atoms with van der Waals surface area (Å²) in [4.78, 5) is 8.53. The van der Waals surface area contributed by atoms with Crippen LogP contribution >= 0.6 is 0 Å². The van der Waals surface area contributed by atoms with Crippen LogP contribution < -0.4 is 5.32 Å². The van der Waals surface area contributed by atoms with Gasteiger partial charge in [0.15, 0.2) is 5.82 Å². The highest BCUT2D eigenvalue weighted by Crippen LogP contribution is 2.17. The predicted octanol–water partition coefficient (Wildman–Crippen LogP) is 2.26. The third kappa shape index (κ3) is 3.33. The summed E-state index contributed by atoms with van der Waals surface area (Å²) in [5.74, 6) is 1.97. The Morgan fingerprint density at radius 1 is 1.16 bits per heavy atom. The summed E-state index contributed by atoms with van der Waals surface area (Å²) < 4.78 is 8.68. The van der Waals surface area contributed by atoms with Gasteiger partial charge < -0.3 is 10.1 Å². The highest BCUT2D eigenvalue weighted by molar-refractivity contribution is 5.54. The average Bonchev–Trinajstić information content (AvgIpc) is 3.26. The molecule has 1 aromatic carbocycles. The van der Waals surface area contributed by atoms with E-state index in [1.165, 1.54) is 11.9 Å². The van der Waals surface area contributed by atoms with Gasteiger partial charge in [-0.15, -0.1) is 0 Å². The molecule has 0 bridgehead atoms. The van der Waals surface area contributed by atoms with Gasteiger partial charge in [-0.05, 0) is 5.56 Å². The Hall–Kier alpha value is -3.26. The van der Waals surface area contributed by atoms with Crippen LogP contribution in [0.2, 0.25) is 0 Å². The summed E-state index contributed by atoms with van der Waals surface area (Å²) in [5, 5.41) is 12.0. The van der Waals surface area contributed by atoms with Crippen LogP contribution in [0.4, 0.5) is 11.6 Å². The third-order valence-corrected chi connectivity index (χ3v) is 3.68. The van der Waals surface area contributed by atoms with E-state index in [-0.39, 0.29) is 0 Å². The molecule has 1 N–H and O–H groups in total. The lowest BCUT2D eigenvalue weighted by Gasteiger charge is -2.07. The molecule has 0 aliphatic rings. The molecule has 0 aliphatic heterocycles. The molecule has 0 saturated carbocycles. The van der Waals surface area contributed by atoms with Gasteiger partial charge in [0.1, 0.15) is 12.1 Å². The van der Waals surface area contributed by atoms with E-state index >= 15 is 0 Å². The summed E-state index contributed by atoms with van der Waals surface area (Å²) in [6.45, 7) is 1.12. The van der Waals surface area contributed by atoms with Gasteiger partial charge in [-0.25, -0.2) is 4.98 Å². The zero-order valence-electron chi connectivity index (χ0n) is 13.7. The number of nitrogens with one attached hydrogen (secondary N) is 1. The number of hydrogen-bond donors (Lipinski definition) is 1. The number of ether oxygens (including phenoxy) is 1. The van der Waals surface area contributed by atoms with Crippen LogP contribution in [0, 0.1) is 0 Å².